The number of ether oxygens (including phenoxy) is 1. The van der Waals surface area contributed by atoms with Gasteiger partial charge >= 0.3 is 11.5 Å². The summed E-state index contributed by atoms with van der Waals surface area (Å²) in [7, 11) is 0. The lowest BCUT2D eigenvalue weighted by Gasteiger charge is -2.31. The van der Waals surface area contributed by atoms with Crippen LogP contribution in [-0.4, -0.2) is 42.0 Å². The molecule has 1 amide bonds. The van der Waals surface area contributed by atoms with Gasteiger partial charge in [0.2, 0.25) is 0 Å². The summed E-state index contributed by atoms with van der Waals surface area (Å²) in [6.07, 6.45) is 1.07. The van der Waals surface area contributed by atoms with E-state index in [4.69, 9.17) is 4.74 Å². The van der Waals surface area contributed by atoms with E-state index in [0.717, 1.165) is 0 Å². The number of hydrogen-bond acceptors (Lipinski definition) is 4. The Bertz CT molecular complexity index is 581. The SMILES string of the molecule is CCOC(=O)C1CCN(C(=O)c2ccc(SC(F)(F)F)cc2)CC1. The molecule has 0 aliphatic carbocycles. The van der Waals surface area contributed by atoms with Crippen LogP contribution in [0.4, 0.5) is 13.2 Å². The first-order valence-electron chi connectivity index (χ1n) is 7.62. The highest BCUT2D eigenvalue weighted by atomic mass is 32.2. The molecule has 0 spiro atoms. The van der Waals surface area contributed by atoms with Crippen molar-refractivity contribution in [1.29, 1.82) is 0 Å². The quantitative estimate of drug-likeness (QED) is 0.606. The van der Waals surface area contributed by atoms with E-state index in [0.29, 0.717) is 38.1 Å². The summed E-state index contributed by atoms with van der Waals surface area (Å²) in [5.74, 6) is -0.668. The molecule has 1 heterocycles. The van der Waals surface area contributed by atoms with Gasteiger partial charge in [-0.25, -0.2) is 0 Å². The van der Waals surface area contributed by atoms with Crippen molar-refractivity contribution in [2.24, 2.45) is 5.92 Å². The smallest absolute Gasteiger partial charge is 0.446 e. The molecule has 1 aliphatic rings. The second-order valence-corrected chi connectivity index (χ2v) is 6.53. The topological polar surface area (TPSA) is 46.6 Å². The van der Waals surface area contributed by atoms with Crippen LogP contribution in [-0.2, 0) is 9.53 Å². The van der Waals surface area contributed by atoms with Crippen LogP contribution in [0.3, 0.4) is 0 Å². The Morgan fingerprint density at radius 2 is 1.79 bits per heavy atom. The Kier molecular flexibility index (Phi) is 6.15. The molecule has 1 aliphatic heterocycles. The summed E-state index contributed by atoms with van der Waals surface area (Å²) in [5, 5.41) is 0. The average Bonchev–Trinajstić information content (AvgIpc) is 2.54. The van der Waals surface area contributed by atoms with E-state index < -0.39 is 5.51 Å². The molecule has 0 radical (unpaired) electrons. The molecule has 132 valence electrons. The normalized spacial score (nSPS) is 16.1. The number of nitrogens with zero attached hydrogens (tertiary/aromatic N) is 1. The van der Waals surface area contributed by atoms with Crippen molar-refractivity contribution in [3.63, 3.8) is 0 Å². The van der Waals surface area contributed by atoms with Crippen molar-refractivity contribution in [3.05, 3.63) is 29.8 Å². The molecule has 0 bridgehead atoms. The lowest BCUT2D eigenvalue weighted by atomic mass is 9.96. The van der Waals surface area contributed by atoms with Crippen molar-refractivity contribution >= 4 is 23.6 Å². The number of halogens is 3. The Morgan fingerprint density at radius 1 is 1.21 bits per heavy atom. The van der Waals surface area contributed by atoms with Crippen molar-refractivity contribution in [2.45, 2.75) is 30.2 Å². The number of amides is 1. The third kappa shape index (κ3) is 5.15. The number of hydrogen-bond donors (Lipinski definition) is 0. The molecule has 0 unspecified atom stereocenters. The predicted molar refractivity (Wildman–Crippen MR) is 83.6 cm³/mol. The van der Waals surface area contributed by atoms with Crippen LogP contribution in [0.5, 0.6) is 0 Å². The van der Waals surface area contributed by atoms with Gasteiger partial charge in [0.25, 0.3) is 5.91 Å². The maximum absolute atomic E-state index is 12.4. The third-order valence-corrected chi connectivity index (χ3v) is 4.48. The predicted octanol–water partition coefficient (Wildman–Crippen LogP) is 3.71. The monoisotopic (exact) mass is 361 g/mol. The zero-order chi connectivity index (χ0) is 17.7. The van der Waals surface area contributed by atoms with Gasteiger partial charge in [0.15, 0.2) is 0 Å². The van der Waals surface area contributed by atoms with Crippen molar-refractivity contribution in [3.8, 4) is 0 Å². The number of carbonyl (C=O) groups is 2. The van der Waals surface area contributed by atoms with Crippen LogP contribution in [0.1, 0.15) is 30.1 Å². The number of rotatable bonds is 4. The molecule has 1 fully saturated rings. The number of carbonyl (C=O) groups excluding carboxylic acids is 2. The molecular formula is C16H18F3NO3S. The molecule has 0 atom stereocenters. The van der Waals surface area contributed by atoms with Crippen molar-refractivity contribution in [2.75, 3.05) is 19.7 Å². The standard InChI is InChI=1S/C16H18F3NO3S/c1-2-23-15(22)12-7-9-20(10-8-12)14(21)11-3-5-13(6-4-11)24-16(17,18)19/h3-6,12H,2,7-10H2,1H3. The Hall–Kier alpha value is -1.70. The van der Waals surface area contributed by atoms with Crippen LogP contribution in [0.2, 0.25) is 0 Å². The van der Waals surface area contributed by atoms with E-state index in [2.05, 4.69) is 0 Å². The van der Waals surface area contributed by atoms with Gasteiger partial charge in [0, 0.05) is 23.5 Å². The maximum atomic E-state index is 12.4. The molecule has 1 aromatic carbocycles. The van der Waals surface area contributed by atoms with Gasteiger partial charge in [-0.05, 0) is 55.8 Å². The van der Waals surface area contributed by atoms with E-state index in [1.807, 2.05) is 0 Å². The molecular weight excluding hydrogens is 343 g/mol. The van der Waals surface area contributed by atoms with E-state index in [-0.39, 0.29) is 34.5 Å². The Balaban J connectivity index is 1.92. The summed E-state index contributed by atoms with van der Waals surface area (Å²) in [4.78, 5) is 25.7. The van der Waals surface area contributed by atoms with Crippen molar-refractivity contribution in [1.82, 2.24) is 4.90 Å². The first-order chi connectivity index (χ1) is 11.3. The average molecular weight is 361 g/mol. The fourth-order valence-corrected chi connectivity index (χ4v) is 3.10. The first kappa shape index (κ1) is 18.6. The number of thioether (sulfide) groups is 1. The van der Waals surface area contributed by atoms with Gasteiger partial charge in [-0.2, -0.15) is 13.2 Å². The molecule has 0 aromatic heterocycles. The fourth-order valence-electron chi connectivity index (χ4n) is 2.56. The summed E-state index contributed by atoms with van der Waals surface area (Å²) in [6, 6.07) is 5.37. The van der Waals surface area contributed by atoms with E-state index in [1.54, 1.807) is 11.8 Å². The number of piperidine rings is 1. The highest BCUT2D eigenvalue weighted by molar-refractivity contribution is 8.00. The van der Waals surface area contributed by atoms with Gasteiger partial charge < -0.3 is 9.64 Å². The molecule has 2 rings (SSSR count). The summed E-state index contributed by atoms with van der Waals surface area (Å²) in [6.45, 7) is 2.94. The lowest BCUT2D eigenvalue weighted by Crippen LogP contribution is -2.40. The second kappa shape index (κ2) is 7.92. The molecule has 1 saturated heterocycles. The van der Waals surface area contributed by atoms with Gasteiger partial charge in [-0.15, -0.1) is 0 Å². The minimum Gasteiger partial charge on any atom is -0.466 e. The summed E-state index contributed by atoms with van der Waals surface area (Å²) >= 11 is -0.211. The van der Waals surface area contributed by atoms with Crippen LogP contribution >= 0.6 is 11.8 Å². The van der Waals surface area contributed by atoms with E-state index >= 15 is 0 Å². The summed E-state index contributed by atoms with van der Waals surface area (Å²) in [5.41, 5.74) is -4.00. The minimum atomic E-state index is -4.35. The highest BCUT2D eigenvalue weighted by Crippen LogP contribution is 2.36. The molecule has 4 nitrogen and oxygen atoms in total. The molecule has 0 N–H and O–H groups in total. The molecule has 8 heteroatoms. The van der Waals surface area contributed by atoms with Gasteiger partial charge in [-0.3, -0.25) is 9.59 Å². The van der Waals surface area contributed by atoms with Crippen LogP contribution in [0.15, 0.2) is 29.2 Å². The number of likely N-dealkylation sites (tertiary alicyclic amines) is 1. The molecule has 24 heavy (non-hydrogen) atoms. The zero-order valence-electron chi connectivity index (χ0n) is 13.1. The van der Waals surface area contributed by atoms with E-state index in [1.165, 1.54) is 24.3 Å². The maximum Gasteiger partial charge on any atom is 0.446 e. The Morgan fingerprint density at radius 3 is 2.29 bits per heavy atom. The number of benzene rings is 1. The second-order valence-electron chi connectivity index (χ2n) is 5.39. The highest BCUT2D eigenvalue weighted by Gasteiger charge is 2.30. The zero-order valence-corrected chi connectivity index (χ0v) is 14.0. The minimum absolute atomic E-state index is 0.0417. The third-order valence-electron chi connectivity index (χ3n) is 3.74. The van der Waals surface area contributed by atoms with E-state index in [9.17, 15) is 22.8 Å². The van der Waals surface area contributed by atoms with Crippen molar-refractivity contribution < 1.29 is 27.5 Å². The van der Waals surface area contributed by atoms with Crippen LogP contribution < -0.4 is 0 Å². The largest absolute Gasteiger partial charge is 0.466 e. The molecule has 0 saturated carbocycles. The van der Waals surface area contributed by atoms with Crippen LogP contribution in [0, 0.1) is 5.92 Å². The number of alkyl halides is 3. The lowest BCUT2D eigenvalue weighted by molar-refractivity contribution is -0.149. The molecule has 1 aromatic rings. The van der Waals surface area contributed by atoms with Gasteiger partial charge in [0.05, 0.1) is 12.5 Å². The first-order valence-corrected chi connectivity index (χ1v) is 8.43. The summed E-state index contributed by atoms with van der Waals surface area (Å²) < 4.78 is 41.9. The van der Waals surface area contributed by atoms with Crippen LogP contribution in [0.25, 0.3) is 0 Å². The Labute approximate surface area is 142 Å². The van der Waals surface area contributed by atoms with Gasteiger partial charge in [-0.1, -0.05) is 0 Å². The van der Waals surface area contributed by atoms with Gasteiger partial charge in [0.1, 0.15) is 0 Å². The fraction of sp³-hybridized carbons (Fsp3) is 0.500. The number of esters is 1.